The summed E-state index contributed by atoms with van der Waals surface area (Å²) < 4.78 is 27.7. The average Bonchev–Trinajstić information content (AvgIpc) is 3.09. The number of carbonyl (C=O) groups excluding carboxylic acids is 1. The maximum atomic E-state index is 12.7. The van der Waals surface area contributed by atoms with Crippen LogP contribution in [0.15, 0.2) is 28.6 Å². The first-order chi connectivity index (χ1) is 13.7. The molecule has 0 aliphatic carbocycles. The number of thioether (sulfide) groups is 1. The Morgan fingerprint density at radius 3 is 2.66 bits per heavy atom. The Kier molecular flexibility index (Phi) is 7.55. The summed E-state index contributed by atoms with van der Waals surface area (Å²) in [6.45, 7) is 4.76. The second-order valence-corrected chi connectivity index (χ2v) is 12.2. The molecule has 0 radical (unpaired) electrons. The van der Waals surface area contributed by atoms with Crippen molar-refractivity contribution < 1.29 is 13.2 Å². The van der Waals surface area contributed by atoms with E-state index in [1.54, 1.807) is 36.0 Å². The van der Waals surface area contributed by atoms with E-state index in [4.69, 9.17) is 11.6 Å². The first-order valence-electron chi connectivity index (χ1n) is 9.27. The lowest BCUT2D eigenvalue weighted by Gasteiger charge is -2.30. The van der Waals surface area contributed by atoms with Crippen molar-refractivity contribution >= 4 is 55.8 Å². The Hall–Kier alpha value is -1.20. The van der Waals surface area contributed by atoms with E-state index in [9.17, 15) is 13.2 Å². The van der Waals surface area contributed by atoms with Crippen molar-refractivity contribution in [2.75, 3.05) is 18.4 Å². The molecule has 1 saturated heterocycles. The minimum absolute atomic E-state index is 0.134. The number of anilines is 1. The molecule has 158 valence electrons. The third-order valence-corrected chi connectivity index (χ3v) is 8.61. The van der Waals surface area contributed by atoms with Gasteiger partial charge in [-0.1, -0.05) is 66.7 Å². The van der Waals surface area contributed by atoms with Gasteiger partial charge >= 0.3 is 0 Å². The van der Waals surface area contributed by atoms with Gasteiger partial charge in [-0.15, -0.1) is 10.2 Å². The molecule has 3 rings (SSSR count). The Labute approximate surface area is 184 Å². The van der Waals surface area contributed by atoms with Crippen LogP contribution in [-0.2, 0) is 20.6 Å². The van der Waals surface area contributed by atoms with Crippen LogP contribution in [0.3, 0.4) is 0 Å². The van der Waals surface area contributed by atoms with Crippen LogP contribution in [0.2, 0.25) is 5.02 Å². The number of halogens is 1. The van der Waals surface area contributed by atoms with Crippen molar-refractivity contribution in [3.05, 3.63) is 34.9 Å². The van der Waals surface area contributed by atoms with E-state index in [2.05, 4.69) is 29.4 Å². The van der Waals surface area contributed by atoms with Crippen molar-refractivity contribution in [3.63, 3.8) is 0 Å². The van der Waals surface area contributed by atoms with Crippen LogP contribution in [-0.4, -0.2) is 47.2 Å². The molecule has 1 aromatic carbocycles. The molecule has 1 aliphatic heterocycles. The number of rotatable bonds is 7. The van der Waals surface area contributed by atoms with Crippen LogP contribution >= 0.6 is 34.7 Å². The fourth-order valence-electron chi connectivity index (χ4n) is 3.02. The summed E-state index contributed by atoms with van der Waals surface area (Å²) in [6, 6.07) is 6.94. The molecule has 7 nitrogen and oxygen atoms in total. The third kappa shape index (κ3) is 6.14. The summed E-state index contributed by atoms with van der Waals surface area (Å²) in [5.41, 5.74) is 0.584. The molecule has 0 spiro atoms. The van der Waals surface area contributed by atoms with Gasteiger partial charge in [-0.05, 0) is 24.5 Å². The fourth-order valence-corrected chi connectivity index (χ4v) is 6.87. The molecule has 0 unspecified atom stereocenters. The normalized spacial score (nSPS) is 16.3. The van der Waals surface area contributed by atoms with E-state index in [-0.39, 0.29) is 17.6 Å². The SMILES string of the molecule is CC(C)Sc1nnc(NC(=O)C2CCN(S(=O)(=O)Cc3ccccc3Cl)CC2)s1. The van der Waals surface area contributed by atoms with E-state index < -0.39 is 10.0 Å². The van der Waals surface area contributed by atoms with E-state index >= 15 is 0 Å². The maximum Gasteiger partial charge on any atom is 0.229 e. The maximum absolute atomic E-state index is 12.7. The van der Waals surface area contributed by atoms with Gasteiger partial charge in [0.15, 0.2) is 4.34 Å². The number of carbonyl (C=O) groups is 1. The Bertz CT molecular complexity index is 957. The average molecular weight is 475 g/mol. The second kappa shape index (κ2) is 9.74. The summed E-state index contributed by atoms with van der Waals surface area (Å²) in [5, 5.41) is 12.2. The van der Waals surface area contributed by atoms with Gasteiger partial charge in [0.1, 0.15) is 0 Å². The van der Waals surface area contributed by atoms with Gasteiger partial charge in [0.2, 0.25) is 21.1 Å². The predicted octanol–water partition coefficient (Wildman–Crippen LogP) is 3.87. The first-order valence-corrected chi connectivity index (χ1v) is 12.9. The highest BCUT2D eigenvalue weighted by molar-refractivity contribution is 8.01. The molecule has 0 atom stereocenters. The topological polar surface area (TPSA) is 92.3 Å². The lowest BCUT2D eigenvalue weighted by Crippen LogP contribution is -2.41. The highest BCUT2D eigenvalue weighted by Gasteiger charge is 2.31. The van der Waals surface area contributed by atoms with Gasteiger partial charge in [-0.2, -0.15) is 0 Å². The van der Waals surface area contributed by atoms with Crippen molar-refractivity contribution in [1.29, 1.82) is 0 Å². The Balaban J connectivity index is 1.53. The van der Waals surface area contributed by atoms with E-state index in [1.165, 1.54) is 15.6 Å². The molecule has 1 fully saturated rings. The van der Waals surface area contributed by atoms with Crippen LogP contribution in [0.1, 0.15) is 32.3 Å². The largest absolute Gasteiger partial charge is 0.300 e. The van der Waals surface area contributed by atoms with Gasteiger partial charge in [0.25, 0.3) is 0 Å². The summed E-state index contributed by atoms with van der Waals surface area (Å²) in [5.74, 6) is -0.512. The number of piperidine rings is 1. The molecule has 1 N–H and O–H groups in total. The third-order valence-electron chi connectivity index (χ3n) is 4.49. The zero-order chi connectivity index (χ0) is 21.0. The monoisotopic (exact) mass is 474 g/mol. The number of benzene rings is 1. The first kappa shape index (κ1) is 22.5. The van der Waals surface area contributed by atoms with Crippen molar-refractivity contribution in [2.45, 2.75) is 42.0 Å². The van der Waals surface area contributed by atoms with E-state index in [0.29, 0.717) is 46.9 Å². The second-order valence-electron chi connectivity index (χ2n) is 7.05. The summed E-state index contributed by atoms with van der Waals surface area (Å²) in [4.78, 5) is 12.5. The number of nitrogens with zero attached hydrogens (tertiary/aromatic N) is 3. The van der Waals surface area contributed by atoms with E-state index in [0.717, 1.165) is 4.34 Å². The molecule has 11 heteroatoms. The Morgan fingerprint density at radius 2 is 2.00 bits per heavy atom. The highest BCUT2D eigenvalue weighted by Crippen LogP contribution is 2.30. The van der Waals surface area contributed by atoms with Crippen LogP contribution < -0.4 is 5.32 Å². The number of amides is 1. The molecule has 1 aliphatic rings. The van der Waals surface area contributed by atoms with Crippen LogP contribution in [0.25, 0.3) is 0 Å². The zero-order valence-electron chi connectivity index (χ0n) is 16.2. The lowest BCUT2D eigenvalue weighted by atomic mass is 9.97. The zero-order valence-corrected chi connectivity index (χ0v) is 19.4. The highest BCUT2D eigenvalue weighted by atomic mass is 35.5. The van der Waals surface area contributed by atoms with Crippen LogP contribution in [0, 0.1) is 5.92 Å². The number of hydrogen-bond donors (Lipinski definition) is 1. The predicted molar refractivity (Wildman–Crippen MR) is 118 cm³/mol. The lowest BCUT2D eigenvalue weighted by molar-refractivity contribution is -0.120. The molecule has 2 aromatic rings. The molecule has 0 bridgehead atoms. The Morgan fingerprint density at radius 1 is 1.31 bits per heavy atom. The fraction of sp³-hybridized carbons (Fsp3) is 0.500. The van der Waals surface area contributed by atoms with Crippen LogP contribution in [0.5, 0.6) is 0 Å². The molecular formula is C18H23ClN4O3S3. The number of hydrogen-bond acceptors (Lipinski definition) is 7. The van der Waals surface area contributed by atoms with E-state index in [1.807, 2.05) is 0 Å². The molecular weight excluding hydrogens is 452 g/mol. The smallest absolute Gasteiger partial charge is 0.229 e. The molecule has 1 amide bonds. The number of sulfonamides is 1. The van der Waals surface area contributed by atoms with Crippen LogP contribution in [0.4, 0.5) is 5.13 Å². The van der Waals surface area contributed by atoms with Crippen molar-refractivity contribution in [2.24, 2.45) is 5.92 Å². The van der Waals surface area contributed by atoms with Gasteiger partial charge in [0, 0.05) is 29.3 Å². The van der Waals surface area contributed by atoms with Gasteiger partial charge in [-0.3, -0.25) is 4.79 Å². The minimum atomic E-state index is -3.48. The number of aromatic nitrogens is 2. The molecule has 1 aromatic heterocycles. The standard InChI is InChI=1S/C18H23ClN4O3S3/c1-12(2)27-18-22-21-17(28-18)20-16(24)13-7-9-23(10-8-13)29(25,26)11-14-5-3-4-6-15(14)19/h3-6,12-13H,7-11H2,1-2H3,(H,20,21,24). The molecule has 0 saturated carbocycles. The quantitative estimate of drug-likeness (QED) is 0.483. The van der Waals surface area contributed by atoms with Crippen molar-refractivity contribution in [3.8, 4) is 0 Å². The summed E-state index contributed by atoms with van der Waals surface area (Å²) in [6.07, 6.45) is 0.944. The minimum Gasteiger partial charge on any atom is -0.300 e. The van der Waals surface area contributed by atoms with Gasteiger partial charge in [-0.25, -0.2) is 12.7 Å². The molecule has 29 heavy (non-hydrogen) atoms. The van der Waals surface area contributed by atoms with Crippen molar-refractivity contribution in [1.82, 2.24) is 14.5 Å². The summed E-state index contributed by atoms with van der Waals surface area (Å²) in [7, 11) is -3.48. The van der Waals surface area contributed by atoms with Gasteiger partial charge < -0.3 is 5.32 Å². The summed E-state index contributed by atoms with van der Waals surface area (Å²) >= 11 is 9.04. The number of nitrogens with one attached hydrogen (secondary N) is 1. The molecule has 2 heterocycles. The van der Waals surface area contributed by atoms with Gasteiger partial charge in [0.05, 0.1) is 5.75 Å².